The first-order valence-corrected chi connectivity index (χ1v) is 9.72. The minimum Gasteiger partial charge on any atom is -0.468 e. The van der Waals surface area contributed by atoms with Crippen LogP contribution in [0.2, 0.25) is 0 Å². The summed E-state index contributed by atoms with van der Waals surface area (Å²) >= 11 is 0. The van der Waals surface area contributed by atoms with Crippen molar-refractivity contribution in [2.75, 3.05) is 6.54 Å². The Balaban J connectivity index is 1.52. The number of aromatic nitrogens is 4. The zero-order valence-corrected chi connectivity index (χ0v) is 14.9. The van der Waals surface area contributed by atoms with Gasteiger partial charge in [0.1, 0.15) is 5.76 Å². The van der Waals surface area contributed by atoms with Gasteiger partial charge in [0.2, 0.25) is 0 Å². The van der Waals surface area contributed by atoms with Gasteiger partial charge in [-0.15, -0.1) is 0 Å². The van der Waals surface area contributed by atoms with E-state index in [1.54, 1.807) is 6.26 Å². The normalized spacial score (nSPS) is 21.8. The summed E-state index contributed by atoms with van der Waals surface area (Å²) in [6.45, 7) is 1.77. The van der Waals surface area contributed by atoms with E-state index in [0.29, 0.717) is 5.92 Å². The summed E-state index contributed by atoms with van der Waals surface area (Å²) in [4.78, 5) is 10.5. The van der Waals surface area contributed by atoms with E-state index < -0.39 is 0 Å². The van der Waals surface area contributed by atoms with Crippen LogP contribution in [0.3, 0.4) is 0 Å². The van der Waals surface area contributed by atoms with Gasteiger partial charge < -0.3 is 9.40 Å². The van der Waals surface area contributed by atoms with Crippen molar-refractivity contribution in [2.24, 2.45) is 0 Å². The van der Waals surface area contributed by atoms with Crippen molar-refractivity contribution in [1.82, 2.24) is 25.1 Å². The molecule has 1 saturated carbocycles. The summed E-state index contributed by atoms with van der Waals surface area (Å²) in [5.74, 6) is 1.59. The molecule has 0 aromatic carbocycles. The molecule has 4 heterocycles. The highest BCUT2D eigenvalue weighted by Gasteiger charge is 2.35. The fraction of sp³-hybridized carbons (Fsp3) is 0.500. The van der Waals surface area contributed by atoms with Crippen LogP contribution >= 0.6 is 0 Å². The molecular formula is C20H25N5O. The fourth-order valence-electron chi connectivity index (χ4n) is 4.68. The molecule has 0 unspecified atom stereocenters. The van der Waals surface area contributed by atoms with E-state index in [1.807, 2.05) is 18.6 Å². The van der Waals surface area contributed by atoms with Crippen molar-refractivity contribution in [1.29, 1.82) is 0 Å². The van der Waals surface area contributed by atoms with E-state index in [9.17, 15) is 0 Å². The topological polar surface area (TPSA) is 73.7 Å². The molecule has 1 aliphatic carbocycles. The van der Waals surface area contributed by atoms with E-state index in [4.69, 9.17) is 9.40 Å². The molecule has 1 aliphatic heterocycles. The number of aromatic amines is 2. The van der Waals surface area contributed by atoms with E-state index in [-0.39, 0.29) is 6.04 Å². The summed E-state index contributed by atoms with van der Waals surface area (Å²) in [7, 11) is 0. The standard InChI is InChI=1S/C20H25N5O/c1-2-5-14(6-3-1)18-16(11-23-24-18)20-19-17(21-13-22-19)8-9-25(20)12-15-7-4-10-26-15/h4,7,10-11,13-14,20H,1-3,5-6,8-9,12H2,(H,21,22)(H,23,24)/t20-/m0/s1. The van der Waals surface area contributed by atoms with Crippen LogP contribution in [0.4, 0.5) is 0 Å². The summed E-state index contributed by atoms with van der Waals surface area (Å²) < 4.78 is 5.62. The summed E-state index contributed by atoms with van der Waals surface area (Å²) in [6.07, 6.45) is 13.1. The number of H-pyrrole nitrogens is 2. The Labute approximate surface area is 153 Å². The lowest BCUT2D eigenvalue weighted by Gasteiger charge is -2.35. The van der Waals surface area contributed by atoms with E-state index >= 15 is 0 Å². The fourth-order valence-corrected chi connectivity index (χ4v) is 4.68. The van der Waals surface area contributed by atoms with Crippen molar-refractivity contribution in [3.05, 3.63) is 59.3 Å². The van der Waals surface area contributed by atoms with Crippen LogP contribution in [0.1, 0.15) is 72.5 Å². The molecule has 5 rings (SSSR count). The van der Waals surface area contributed by atoms with Crippen molar-refractivity contribution < 1.29 is 4.42 Å². The van der Waals surface area contributed by atoms with Gasteiger partial charge in [0.25, 0.3) is 0 Å². The third-order valence-electron chi connectivity index (χ3n) is 5.97. The van der Waals surface area contributed by atoms with E-state index in [0.717, 1.165) is 31.0 Å². The smallest absolute Gasteiger partial charge is 0.117 e. The molecule has 6 nitrogen and oxygen atoms in total. The van der Waals surface area contributed by atoms with E-state index in [1.165, 1.54) is 49.1 Å². The Morgan fingerprint density at radius 2 is 2.15 bits per heavy atom. The molecule has 0 bridgehead atoms. The minimum absolute atomic E-state index is 0.130. The van der Waals surface area contributed by atoms with Gasteiger partial charge in [-0.2, -0.15) is 5.10 Å². The number of imidazole rings is 1. The Morgan fingerprint density at radius 1 is 1.23 bits per heavy atom. The van der Waals surface area contributed by atoms with Gasteiger partial charge in [-0.05, 0) is 25.0 Å². The number of nitrogens with one attached hydrogen (secondary N) is 2. The zero-order chi connectivity index (χ0) is 17.3. The Kier molecular flexibility index (Phi) is 4.13. The molecule has 26 heavy (non-hydrogen) atoms. The first-order chi connectivity index (χ1) is 12.9. The van der Waals surface area contributed by atoms with Gasteiger partial charge in [-0.1, -0.05) is 19.3 Å². The lowest BCUT2D eigenvalue weighted by molar-refractivity contribution is 0.184. The second kappa shape index (κ2) is 6.76. The van der Waals surface area contributed by atoms with Crippen LogP contribution in [0.5, 0.6) is 0 Å². The molecule has 3 aromatic heterocycles. The molecule has 0 amide bonds. The van der Waals surface area contributed by atoms with Gasteiger partial charge in [-0.25, -0.2) is 4.98 Å². The molecule has 1 fully saturated rings. The first kappa shape index (κ1) is 15.9. The predicted octanol–water partition coefficient (Wildman–Crippen LogP) is 3.92. The summed E-state index contributed by atoms with van der Waals surface area (Å²) in [5.41, 5.74) is 4.99. The van der Waals surface area contributed by atoms with Crippen LogP contribution in [-0.4, -0.2) is 31.6 Å². The maximum Gasteiger partial charge on any atom is 0.117 e. The SMILES string of the molecule is c1coc(CN2CCc3[nH]cnc3[C@@H]2c2cn[nH]c2C2CCCCC2)c1. The first-order valence-electron chi connectivity index (χ1n) is 9.72. The van der Waals surface area contributed by atoms with Crippen LogP contribution in [0.15, 0.2) is 35.3 Å². The quantitative estimate of drug-likeness (QED) is 0.747. The third kappa shape index (κ3) is 2.78. The molecule has 0 spiro atoms. The lowest BCUT2D eigenvalue weighted by atomic mass is 9.83. The Bertz CT molecular complexity index is 843. The van der Waals surface area contributed by atoms with Crippen LogP contribution < -0.4 is 0 Å². The highest BCUT2D eigenvalue weighted by atomic mass is 16.3. The minimum atomic E-state index is 0.130. The predicted molar refractivity (Wildman–Crippen MR) is 97.7 cm³/mol. The van der Waals surface area contributed by atoms with Crippen LogP contribution in [-0.2, 0) is 13.0 Å². The van der Waals surface area contributed by atoms with Gasteiger partial charge >= 0.3 is 0 Å². The number of fused-ring (bicyclic) bond motifs is 1. The molecule has 0 saturated heterocycles. The highest BCUT2D eigenvalue weighted by molar-refractivity contribution is 5.35. The lowest BCUT2D eigenvalue weighted by Crippen LogP contribution is -2.36. The average molecular weight is 351 g/mol. The monoisotopic (exact) mass is 351 g/mol. The van der Waals surface area contributed by atoms with Crippen molar-refractivity contribution in [3.8, 4) is 0 Å². The van der Waals surface area contributed by atoms with Gasteiger partial charge in [0.05, 0.1) is 37.1 Å². The molecule has 0 radical (unpaired) electrons. The Hall–Kier alpha value is -2.34. The number of furan rings is 1. The maximum absolute atomic E-state index is 5.62. The van der Waals surface area contributed by atoms with Crippen molar-refractivity contribution in [2.45, 2.75) is 57.0 Å². The zero-order valence-electron chi connectivity index (χ0n) is 14.9. The number of rotatable bonds is 4. The molecule has 3 aromatic rings. The van der Waals surface area contributed by atoms with Crippen LogP contribution in [0.25, 0.3) is 0 Å². The molecule has 136 valence electrons. The largest absolute Gasteiger partial charge is 0.468 e. The number of hydrogen-bond acceptors (Lipinski definition) is 4. The summed E-state index contributed by atoms with van der Waals surface area (Å²) in [6, 6.07) is 4.14. The summed E-state index contributed by atoms with van der Waals surface area (Å²) in [5, 5.41) is 7.79. The van der Waals surface area contributed by atoms with Crippen LogP contribution in [0, 0.1) is 0 Å². The molecular weight excluding hydrogens is 326 g/mol. The second-order valence-corrected chi connectivity index (χ2v) is 7.54. The average Bonchev–Trinajstić information content (AvgIpc) is 3.44. The van der Waals surface area contributed by atoms with Crippen molar-refractivity contribution >= 4 is 0 Å². The second-order valence-electron chi connectivity index (χ2n) is 7.54. The van der Waals surface area contributed by atoms with E-state index in [2.05, 4.69) is 26.1 Å². The van der Waals surface area contributed by atoms with Crippen molar-refractivity contribution in [3.63, 3.8) is 0 Å². The highest BCUT2D eigenvalue weighted by Crippen LogP contribution is 2.40. The third-order valence-corrected chi connectivity index (χ3v) is 5.97. The molecule has 2 N–H and O–H groups in total. The molecule has 1 atom stereocenters. The Morgan fingerprint density at radius 3 is 3.00 bits per heavy atom. The van der Waals surface area contributed by atoms with Gasteiger partial charge in [0.15, 0.2) is 0 Å². The van der Waals surface area contributed by atoms with Gasteiger partial charge in [-0.3, -0.25) is 10.00 Å². The van der Waals surface area contributed by atoms with Gasteiger partial charge in [0, 0.05) is 35.8 Å². The number of hydrogen-bond donors (Lipinski definition) is 2. The maximum atomic E-state index is 5.62. The molecule has 2 aliphatic rings. The number of nitrogens with zero attached hydrogens (tertiary/aromatic N) is 3. The molecule has 6 heteroatoms.